The Labute approximate surface area is 90.9 Å². The van der Waals surface area contributed by atoms with Gasteiger partial charge in [-0.1, -0.05) is 29.8 Å². The lowest BCUT2D eigenvalue weighted by Crippen LogP contribution is -2.28. The minimum absolute atomic E-state index is 0.0325. The molecular formula is C13H18O2. The van der Waals surface area contributed by atoms with Crippen molar-refractivity contribution in [2.45, 2.75) is 19.8 Å². The van der Waals surface area contributed by atoms with Gasteiger partial charge in [0.25, 0.3) is 0 Å². The zero-order chi connectivity index (χ0) is 10.7. The van der Waals surface area contributed by atoms with Gasteiger partial charge < -0.3 is 9.84 Å². The number of rotatable bonds is 3. The summed E-state index contributed by atoms with van der Waals surface area (Å²) in [4.78, 5) is 0. The van der Waals surface area contributed by atoms with E-state index in [0.717, 1.165) is 19.4 Å². The van der Waals surface area contributed by atoms with Crippen molar-refractivity contribution in [3.05, 3.63) is 35.4 Å². The van der Waals surface area contributed by atoms with Crippen molar-refractivity contribution in [1.82, 2.24) is 0 Å². The summed E-state index contributed by atoms with van der Waals surface area (Å²) < 4.78 is 5.39. The van der Waals surface area contributed by atoms with Crippen LogP contribution in [-0.2, 0) is 11.2 Å². The maximum Gasteiger partial charge on any atom is 0.0548 e. The van der Waals surface area contributed by atoms with Crippen LogP contribution in [0.1, 0.15) is 17.5 Å². The summed E-state index contributed by atoms with van der Waals surface area (Å²) in [7, 11) is 0. The molecule has 0 bridgehead atoms. The van der Waals surface area contributed by atoms with E-state index in [1.165, 1.54) is 11.1 Å². The Morgan fingerprint density at radius 1 is 1.33 bits per heavy atom. The number of aliphatic hydroxyl groups is 1. The summed E-state index contributed by atoms with van der Waals surface area (Å²) in [6, 6.07) is 8.53. The van der Waals surface area contributed by atoms with E-state index in [1.807, 2.05) is 0 Å². The molecule has 1 N–H and O–H groups in total. The molecule has 1 aromatic carbocycles. The molecule has 0 radical (unpaired) electrons. The summed E-state index contributed by atoms with van der Waals surface area (Å²) >= 11 is 0. The number of hydrogen-bond acceptors (Lipinski definition) is 2. The molecular weight excluding hydrogens is 188 g/mol. The zero-order valence-corrected chi connectivity index (χ0v) is 9.20. The number of aliphatic hydroxyl groups excluding tert-OH is 1. The van der Waals surface area contributed by atoms with Gasteiger partial charge in [0.15, 0.2) is 0 Å². The zero-order valence-electron chi connectivity index (χ0n) is 9.20. The number of ether oxygens (including phenoxy) is 1. The van der Waals surface area contributed by atoms with Crippen molar-refractivity contribution >= 4 is 0 Å². The molecule has 0 spiro atoms. The summed E-state index contributed by atoms with van der Waals surface area (Å²) in [5.41, 5.74) is 2.54. The molecule has 0 amide bonds. The van der Waals surface area contributed by atoms with Crippen molar-refractivity contribution in [1.29, 1.82) is 0 Å². The molecule has 15 heavy (non-hydrogen) atoms. The molecule has 1 aliphatic heterocycles. The van der Waals surface area contributed by atoms with Gasteiger partial charge in [0.1, 0.15) is 0 Å². The number of benzene rings is 1. The first-order valence-electron chi connectivity index (χ1n) is 5.48. The van der Waals surface area contributed by atoms with E-state index in [-0.39, 0.29) is 12.0 Å². The van der Waals surface area contributed by atoms with E-state index in [4.69, 9.17) is 4.74 Å². The Kier molecular flexibility index (Phi) is 3.08. The Morgan fingerprint density at radius 3 is 2.60 bits per heavy atom. The molecule has 1 saturated heterocycles. The smallest absolute Gasteiger partial charge is 0.0548 e. The second kappa shape index (κ2) is 4.33. The fraction of sp³-hybridized carbons (Fsp3) is 0.538. The highest BCUT2D eigenvalue weighted by Gasteiger charge is 2.34. The number of aryl methyl sites for hydroxylation is 1. The largest absolute Gasteiger partial charge is 0.396 e. The first-order valence-corrected chi connectivity index (χ1v) is 5.48. The second-order valence-electron chi connectivity index (χ2n) is 4.62. The molecule has 2 nitrogen and oxygen atoms in total. The van der Waals surface area contributed by atoms with Gasteiger partial charge in [-0.3, -0.25) is 0 Å². The van der Waals surface area contributed by atoms with E-state index in [0.29, 0.717) is 6.61 Å². The molecule has 0 aliphatic carbocycles. The van der Waals surface area contributed by atoms with Gasteiger partial charge in [-0.25, -0.2) is 0 Å². The third kappa shape index (κ3) is 2.39. The molecule has 1 aliphatic rings. The second-order valence-corrected chi connectivity index (χ2v) is 4.62. The first kappa shape index (κ1) is 10.7. The van der Waals surface area contributed by atoms with Gasteiger partial charge in [-0.05, 0) is 25.3 Å². The lowest BCUT2D eigenvalue weighted by Gasteiger charge is -2.24. The van der Waals surface area contributed by atoms with Crippen LogP contribution in [0.2, 0.25) is 0 Å². The molecule has 1 aromatic rings. The van der Waals surface area contributed by atoms with Crippen LogP contribution in [0.25, 0.3) is 0 Å². The topological polar surface area (TPSA) is 29.5 Å². The molecule has 1 unspecified atom stereocenters. The predicted molar refractivity (Wildman–Crippen MR) is 59.8 cm³/mol. The Bertz CT molecular complexity index is 310. The summed E-state index contributed by atoms with van der Waals surface area (Å²) in [5.74, 6) is 0. The average Bonchev–Trinajstić information content (AvgIpc) is 2.71. The molecule has 0 aromatic heterocycles. The molecule has 1 fully saturated rings. The highest BCUT2D eigenvalue weighted by molar-refractivity contribution is 5.22. The molecule has 1 atom stereocenters. The standard InChI is InChI=1S/C13H18O2/c1-11-2-4-12(5-3-11)8-13(9-14)6-7-15-10-13/h2-5,14H,6-10H2,1H3. The van der Waals surface area contributed by atoms with E-state index < -0.39 is 0 Å². The van der Waals surface area contributed by atoms with Gasteiger partial charge in [-0.15, -0.1) is 0 Å². The van der Waals surface area contributed by atoms with E-state index in [9.17, 15) is 5.11 Å². The van der Waals surface area contributed by atoms with Crippen LogP contribution in [0.15, 0.2) is 24.3 Å². The minimum Gasteiger partial charge on any atom is -0.396 e. The summed E-state index contributed by atoms with van der Waals surface area (Å²) in [6.45, 7) is 3.79. The summed E-state index contributed by atoms with van der Waals surface area (Å²) in [5, 5.41) is 9.45. The van der Waals surface area contributed by atoms with Crippen molar-refractivity contribution < 1.29 is 9.84 Å². The van der Waals surface area contributed by atoms with Crippen LogP contribution >= 0.6 is 0 Å². The fourth-order valence-electron chi connectivity index (χ4n) is 2.11. The van der Waals surface area contributed by atoms with Gasteiger partial charge in [0, 0.05) is 12.0 Å². The van der Waals surface area contributed by atoms with Crippen LogP contribution in [0.3, 0.4) is 0 Å². The van der Waals surface area contributed by atoms with Crippen molar-refractivity contribution in [3.63, 3.8) is 0 Å². The van der Waals surface area contributed by atoms with Crippen molar-refractivity contribution in [3.8, 4) is 0 Å². The van der Waals surface area contributed by atoms with Crippen molar-refractivity contribution in [2.75, 3.05) is 19.8 Å². The minimum atomic E-state index is -0.0325. The lowest BCUT2D eigenvalue weighted by molar-refractivity contribution is 0.0935. The normalized spacial score (nSPS) is 25.7. The Hall–Kier alpha value is -0.860. The van der Waals surface area contributed by atoms with Crippen LogP contribution < -0.4 is 0 Å². The third-order valence-corrected chi connectivity index (χ3v) is 3.22. The van der Waals surface area contributed by atoms with Crippen LogP contribution in [-0.4, -0.2) is 24.9 Å². The molecule has 2 heteroatoms. The predicted octanol–water partition coefficient (Wildman–Crippen LogP) is 1.94. The van der Waals surface area contributed by atoms with Gasteiger partial charge in [0.05, 0.1) is 13.2 Å². The molecule has 1 heterocycles. The maximum atomic E-state index is 9.45. The van der Waals surface area contributed by atoms with E-state index in [2.05, 4.69) is 31.2 Å². The Morgan fingerprint density at radius 2 is 2.07 bits per heavy atom. The lowest BCUT2D eigenvalue weighted by atomic mass is 9.82. The number of hydrogen-bond donors (Lipinski definition) is 1. The van der Waals surface area contributed by atoms with Crippen LogP contribution in [0, 0.1) is 12.3 Å². The van der Waals surface area contributed by atoms with Crippen molar-refractivity contribution in [2.24, 2.45) is 5.41 Å². The summed E-state index contributed by atoms with van der Waals surface area (Å²) in [6.07, 6.45) is 1.89. The van der Waals surface area contributed by atoms with E-state index >= 15 is 0 Å². The maximum absolute atomic E-state index is 9.45. The highest BCUT2D eigenvalue weighted by Crippen LogP contribution is 2.32. The Balaban J connectivity index is 2.09. The average molecular weight is 206 g/mol. The third-order valence-electron chi connectivity index (χ3n) is 3.22. The van der Waals surface area contributed by atoms with Crippen LogP contribution in [0.5, 0.6) is 0 Å². The fourth-order valence-corrected chi connectivity index (χ4v) is 2.11. The first-order chi connectivity index (χ1) is 7.24. The highest BCUT2D eigenvalue weighted by atomic mass is 16.5. The molecule has 82 valence electrons. The van der Waals surface area contributed by atoms with Gasteiger partial charge >= 0.3 is 0 Å². The monoisotopic (exact) mass is 206 g/mol. The van der Waals surface area contributed by atoms with Gasteiger partial charge in [0.2, 0.25) is 0 Å². The molecule has 0 saturated carbocycles. The van der Waals surface area contributed by atoms with Gasteiger partial charge in [-0.2, -0.15) is 0 Å². The quantitative estimate of drug-likeness (QED) is 0.819. The SMILES string of the molecule is Cc1ccc(CC2(CO)CCOC2)cc1. The molecule has 2 rings (SSSR count). The van der Waals surface area contributed by atoms with E-state index in [1.54, 1.807) is 0 Å². The van der Waals surface area contributed by atoms with Crippen LogP contribution in [0.4, 0.5) is 0 Å².